The zero-order chi connectivity index (χ0) is 9.68. The van der Waals surface area contributed by atoms with E-state index in [9.17, 15) is 4.79 Å². The van der Waals surface area contributed by atoms with Crippen molar-refractivity contribution in [2.45, 2.75) is 24.2 Å². The van der Waals surface area contributed by atoms with E-state index >= 15 is 0 Å². The third kappa shape index (κ3) is 2.48. The third-order valence-electron chi connectivity index (χ3n) is 2.15. The van der Waals surface area contributed by atoms with Crippen LogP contribution in [0.1, 0.15) is 19.8 Å². The number of rotatable bonds is 5. The molecule has 13 heavy (non-hydrogen) atoms. The van der Waals surface area contributed by atoms with E-state index in [-0.39, 0.29) is 0 Å². The van der Waals surface area contributed by atoms with Crippen LogP contribution < -0.4 is 0 Å². The Kier molecular flexibility index (Phi) is 4.32. The zero-order valence-corrected chi connectivity index (χ0v) is 10.3. The fourth-order valence-electron chi connectivity index (χ4n) is 1.51. The van der Waals surface area contributed by atoms with Crippen LogP contribution in [0.3, 0.4) is 0 Å². The van der Waals surface area contributed by atoms with Crippen molar-refractivity contribution >= 4 is 4.84 Å². The molecular weight excluding hydrogens is 338 g/mol. The predicted octanol–water partition coefficient (Wildman–Crippen LogP) is 2.90. The first kappa shape index (κ1) is 10.6. The average Bonchev–Trinajstić information content (AvgIpc) is 2.61. The van der Waals surface area contributed by atoms with Gasteiger partial charge in [-0.2, -0.15) is 0 Å². The molecular formula is C11H14OOs. The molecule has 72 valence electrons. The summed E-state index contributed by atoms with van der Waals surface area (Å²) in [6, 6.07) is 0. The second kappa shape index (κ2) is 5.30. The van der Waals surface area contributed by atoms with E-state index in [0.29, 0.717) is 4.47 Å². The van der Waals surface area contributed by atoms with Crippen molar-refractivity contribution < 1.29 is 22.2 Å². The molecule has 0 fully saturated rings. The van der Waals surface area contributed by atoms with Crippen LogP contribution in [-0.4, -0.2) is 4.84 Å². The quantitative estimate of drug-likeness (QED) is 0.549. The fraction of sp³-hybridized carbons (Fsp3) is 0.364. The number of allylic oxidation sites excluding steroid dienone is 5. The van der Waals surface area contributed by atoms with Crippen LogP contribution in [0.5, 0.6) is 0 Å². The predicted molar refractivity (Wildman–Crippen MR) is 51.8 cm³/mol. The molecule has 1 rings (SSSR count). The van der Waals surface area contributed by atoms with Crippen molar-refractivity contribution in [2.75, 3.05) is 0 Å². The molecule has 0 bridgehead atoms. The Morgan fingerprint density at radius 2 is 2.54 bits per heavy atom. The van der Waals surface area contributed by atoms with Crippen LogP contribution in [-0.2, 0) is 22.2 Å². The van der Waals surface area contributed by atoms with Gasteiger partial charge in [-0.15, -0.1) is 0 Å². The molecule has 0 spiro atoms. The maximum atomic E-state index is 10.5. The molecule has 1 aliphatic rings. The van der Waals surface area contributed by atoms with E-state index in [0.717, 1.165) is 17.7 Å². The summed E-state index contributed by atoms with van der Waals surface area (Å²) in [4.78, 5) is 11.6. The summed E-state index contributed by atoms with van der Waals surface area (Å²) in [5.74, 6) is 0. The molecule has 0 aromatic rings. The van der Waals surface area contributed by atoms with Gasteiger partial charge < -0.3 is 0 Å². The van der Waals surface area contributed by atoms with Crippen LogP contribution in [0.25, 0.3) is 0 Å². The molecule has 0 aliphatic heterocycles. The molecule has 0 saturated heterocycles. The summed E-state index contributed by atoms with van der Waals surface area (Å²) in [6.07, 6.45) is 8.41. The number of hydrogen-bond donors (Lipinski definition) is 0. The molecule has 1 unspecified atom stereocenters. The second-order valence-corrected chi connectivity index (χ2v) is 5.86. The Morgan fingerprint density at radius 1 is 1.77 bits per heavy atom. The summed E-state index contributed by atoms with van der Waals surface area (Å²) < 4.78 is 0.391. The number of carbonyl (C=O) groups is 1. The molecule has 0 aromatic carbocycles. The van der Waals surface area contributed by atoms with Crippen LogP contribution in [0, 0.1) is 0 Å². The molecule has 0 heterocycles. The molecule has 1 aliphatic carbocycles. The van der Waals surface area contributed by atoms with E-state index in [4.69, 9.17) is 0 Å². The molecule has 0 amide bonds. The standard InChI is InChI=1S/C10H13.CHO.Os/c1-3-6-10-8-5-7-9(10)4-2;1-2;/h3,5-7H,1,4,8H2,2H3;1H;. The van der Waals surface area contributed by atoms with Gasteiger partial charge in [-0.3, -0.25) is 0 Å². The van der Waals surface area contributed by atoms with Gasteiger partial charge in [0.2, 0.25) is 0 Å². The van der Waals surface area contributed by atoms with E-state index in [2.05, 4.69) is 25.7 Å². The van der Waals surface area contributed by atoms with Gasteiger partial charge in [0.25, 0.3) is 0 Å². The number of hydrogen-bond acceptors (Lipinski definition) is 1. The van der Waals surface area contributed by atoms with Crippen molar-refractivity contribution in [3.05, 3.63) is 36.0 Å². The molecule has 1 nitrogen and oxygen atoms in total. The van der Waals surface area contributed by atoms with E-state index < -0.39 is 17.4 Å². The summed E-state index contributed by atoms with van der Waals surface area (Å²) in [5, 5.41) is 0. The Labute approximate surface area is 87.4 Å². The molecule has 0 radical (unpaired) electrons. The van der Waals surface area contributed by atoms with Crippen LogP contribution in [0.4, 0.5) is 0 Å². The average molecular weight is 352 g/mol. The summed E-state index contributed by atoms with van der Waals surface area (Å²) in [5.41, 5.74) is 2.86. The summed E-state index contributed by atoms with van der Waals surface area (Å²) in [6.45, 7) is 5.97. The van der Waals surface area contributed by atoms with Crippen molar-refractivity contribution in [1.82, 2.24) is 0 Å². The number of carbonyl (C=O) groups excluding carboxylic acids is 1. The third-order valence-corrected chi connectivity index (χ3v) is 4.89. The second-order valence-electron chi connectivity index (χ2n) is 2.83. The zero-order valence-electron chi connectivity index (χ0n) is 7.77. The molecule has 2 heteroatoms. The Bertz CT molecular complexity index is 263. The van der Waals surface area contributed by atoms with Crippen molar-refractivity contribution in [2.24, 2.45) is 0 Å². The van der Waals surface area contributed by atoms with Gasteiger partial charge in [-0.1, -0.05) is 0 Å². The van der Waals surface area contributed by atoms with Gasteiger partial charge in [0.1, 0.15) is 0 Å². The molecule has 0 aromatic heterocycles. The summed E-state index contributed by atoms with van der Waals surface area (Å²) >= 11 is -0.631. The van der Waals surface area contributed by atoms with Gasteiger partial charge in [0.05, 0.1) is 0 Å². The van der Waals surface area contributed by atoms with Gasteiger partial charge >= 0.3 is 87.2 Å². The molecule has 0 N–H and O–H groups in total. The molecule has 0 saturated carbocycles. The van der Waals surface area contributed by atoms with Crippen molar-refractivity contribution in [3.63, 3.8) is 0 Å². The topological polar surface area (TPSA) is 17.1 Å². The Balaban J connectivity index is 2.79. The van der Waals surface area contributed by atoms with E-state index in [1.165, 1.54) is 11.1 Å². The monoisotopic (exact) mass is 354 g/mol. The fourth-order valence-corrected chi connectivity index (χ4v) is 3.51. The van der Waals surface area contributed by atoms with Crippen molar-refractivity contribution in [3.8, 4) is 0 Å². The van der Waals surface area contributed by atoms with E-state index in [1.807, 2.05) is 6.08 Å². The van der Waals surface area contributed by atoms with Gasteiger partial charge in [-0.25, -0.2) is 0 Å². The Hall–Kier alpha value is -0.474. The minimum absolute atomic E-state index is 0.391. The van der Waals surface area contributed by atoms with E-state index in [1.54, 1.807) is 0 Å². The Morgan fingerprint density at radius 3 is 3.08 bits per heavy atom. The SMILES string of the molecule is C=C[CH]([Os][CH]=O)C1=C(CC)C=CC1. The van der Waals surface area contributed by atoms with Gasteiger partial charge in [0, 0.05) is 0 Å². The van der Waals surface area contributed by atoms with Crippen molar-refractivity contribution in [1.29, 1.82) is 0 Å². The molecule has 1 atom stereocenters. The van der Waals surface area contributed by atoms with Gasteiger partial charge in [-0.05, 0) is 0 Å². The first-order chi connectivity index (χ1) is 6.33. The van der Waals surface area contributed by atoms with Crippen LogP contribution in [0.15, 0.2) is 36.0 Å². The normalized spacial score (nSPS) is 17.9. The maximum absolute atomic E-state index is 10.5. The first-order valence-corrected chi connectivity index (χ1v) is 7.30. The van der Waals surface area contributed by atoms with Crippen LogP contribution in [0.2, 0.25) is 4.47 Å². The van der Waals surface area contributed by atoms with Gasteiger partial charge in [0.15, 0.2) is 0 Å². The summed E-state index contributed by atoms with van der Waals surface area (Å²) in [7, 11) is 0. The van der Waals surface area contributed by atoms with Crippen LogP contribution >= 0.6 is 0 Å². The first-order valence-electron chi connectivity index (χ1n) is 4.37. The minimum atomic E-state index is -0.631.